The molecular weight excluding hydrogens is 304 g/mol. The third-order valence-electron chi connectivity index (χ3n) is 4.11. The largest absolute Gasteiger partial charge is 0.334 e. The first-order valence-corrected chi connectivity index (χ1v) is 9.91. The van der Waals surface area contributed by atoms with Gasteiger partial charge in [0, 0.05) is 26.2 Å². The first-order valence-electron chi connectivity index (χ1n) is 8.08. The van der Waals surface area contributed by atoms with Gasteiger partial charge in [0.15, 0.2) is 9.84 Å². The molecule has 1 heterocycles. The molecule has 7 heteroatoms. The molecule has 1 atom stereocenters. The third kappa shape index (κ3) is 5.26. The summed E-state index contributed by atoms with van der Waals surface area (Å²) < 4.78 is 23.0. The van der Waals surface area contributed by atoms with E-state index in [1.54, 1.807) is 4.90 Å². The topological polar surface area (TPSA) is 74.8 Å². The fourth-order valence-electron chi connectivity index (χ4n) is 2.55. The molecule has 2 amide bonds. The number of unbranched alkanes of at least 4 members (excludes halogenated alkanes) is 2. The minimum Gasteiger partial charge on any atom is -0.334 e. The van der Waals surface area contributed by atoms with Crippen LogP contribution in [0.1, 0.15) is 46.0 Å². The molecule has 1 fully saturated rings. The second-order valence-electron chi connectivity index (χ2n) is 5.97. The molecular formula is C15H28N2O4S. The van der Waals surface area contributed by atoms with Crippen molar-refractivity contribution in [3.8, 4) is 0 Å². The van der Waals surface area contributed by atoms with Gasteiger partial charge in [-0.2, -0.15) is 0 Å². The van der Waals surface area contributed by atoms with Crippen molar-refractivity contribution in [3.63, 3.8) is 0 Å². The Morgan fingerprint density at radius 2 is 1.59 bits per heavy atom. The van der Waals surface area contributed by atoms with Gasteiger partial charge < -0.3 is 9.80 Å². The zero-order valence-corrected chi connectivity index (χ0v) is 14.7. The third-order valence-corrected chi connectivity index (χ3v) is 5.86. The van der Waals surface area contributed by atoms with Crippen molar-refractivity contribution < 1.29 is 18.0 Å². The zero-order chi connectivity index (χ0) is 16.8. The van der Waals surface area contributed by atoms with E-state index in [9.17, 15) is 18.0 Å². The van der Waals surface area contributed by atoms with Gasteiger partial charge in [0.1, 0.15) is 0 Å². The Bertz CT molecular complexity index is 482. The molecule has 6 nitrogen and oxygen atoms in total. The van der Waals surface area contributed by atoms with Crippen LogP contribution in [0.4, 0.5) is 0 Å². The van der Waals surface area contributed by atoms with E-state index in [0.717, 1.165) is 25.7 Å². The van der Waals surface area contributed by atoms with Gasteiger partial charge in [-0.05, 0) is 19.3 Å². The Kier molecular flexibility index (Phi) is 7.32. The van der Waals surface area contributed by atoms with Gasteiger partial charge in [0.2, 0.25) is 0 Å². The lowest BCUT2D eigenvalue weighted by Crippen LogP contribution is -2.48. The minimum absolute atomic E-state index is 0.0353. The summed E-state index contributed by atoms with van der Waals surface area (Å²) in [7, 11) is -1.54. The summed E-state index contributed by atoms with van der Waals surface area (Å²) in [5, 5.41) is 0. The van der Waals surface area contributed by atoms with Crippen LogP contribution in [0.15, 0.2) is 0 Å². The van der Waals surface area contributed by atoms with Gasteiger partial charge >= 0.3 is 11.8 Å². The van der Waals surface area contributed by atoms with Crippen LogP contribution in [0.5, 0.6) is 0 Å². The highest BCUT2D eigenvalue weighted by Gasteiger charge is 2.35. The van der Waals surface area contributed by atoms with Gasteiger partial charge in [0.25, 0.3) is 0 Å². The molecule has 128 valence electrons. The molecule has 0 radical (unpaired) electrons. The predicted octanol–water partition coefficient (Wildman–Crippen LogP) is 1.06. The molecule has 0 aromatic rings. The second kappa shape index (κ2) is 8.50. The maximum atomic E-state index is 12.4. The lowest BCUT2D eigenvalue weighted by molar-refractivity contribution is -0.152. The van der Waals surface area contributed by atoms with Crippen LogP contribution in [-0.2, 0) is 19.4 Å². The number of rotatable bonds is 7. The summed E-state index contributed by atoms with van der Waals surface area (Å²) in [6.45, 7) is 5.25. The van der Waals surface area contributed by atoms with Crippen molar-refractivity contribution >= 4 is 21.7 Å². The second-order valence-corrected chi connectivity index (χ2v) is 8.20. The quantitative estimate of drug-likeness (QED) is 0.653. The van der Waals surface area contributed by atoms with E-state index >= 15 is 0 Å². The highest BCUT2D eigenvalue weighted by molar-refractivity contribution is 7.91. The Morgan fingerprint density at radius 1 is 1.05 bits per heavy atom. The number of carbonyl (C=O) groups excluding carboxylic acids is 2. The van der Waals surface area contributed by atoms with Crippen LogP contribution < -0.4 is 0 Å². The number of amides is 2. The van der Waals surface area contributed by atoms with Gasteiger partial charge in [-0.3, -0.25) is 9.59 Å². The number of sulfone groups is 1. The first-order chi connectivity index (χ1) is 10.3. The van der Waals surface area contributed by atoms with Gasteiger partial charge in [-0.1, -0.05) is 26.7 Å². The molecule has 0 saturated carbocycles. The van der Waals surface area contributed by atoms with Crippen LogP contribution in [0.25, 0.3) is 0 Å². The Labute approximate surface area is 133 Å². The first kappa shape index (κ1) is 18.9. The zero-order valence-electron chi connectivity index (χ0n) is 13.9. The van der Waals surface area contributed by atoms with Crippen LogP contribution in [0.2, 0.25) is 0 Å². The van der Waals surface area contributed by atoms with E-state index in [2.05, 4.69) is 0 Å². The van der Waals surface area contributed by atoms with E-state index in [0.29, 0.717) is 19.5 Å². The molecule has 0 aliphatic carbocycles. The van der Waals surface area contributed by atoms with Crippen molar-refractivity contribution in [3.05, 3.63) is 0 Å². The summed E-state index contributed by atoms with van der Waals surface area (Å²) in [5.74, 6) is -1.03. The van der Waals surface area contributed by atoms with Crippen LogP contribution in [0.3, 0.4) is 0 Å². The van der Waals surface area contributed by atoms with Crippen molar-refractivity contribution in [2.24, 2.45) is 0 Å². The lowest BCUT2D eigenvalue weighted by Gasteiger charge is -2.27. The van der Waals surface area contributed by atoms with E-state index in [1.165, 1.54) is 11.9 Å². The standard InChI is InChI=1S/C15H28N2O4S/c1-4-6-9-17(10-7-5-2)15(19)14(18)16(3)13-8-11-22(20,21)12-13/h13H,4-12H2,1-3H3. The normalized spacial score (nSPS) is 19.9. The Hall–Kier alpha value is -1.11. The number of hydrogen-bond donors (Lipinski definition) is 0. The van der Waals surface area contributed by atoms with Crippen molar-refractivity contribution in [1.29, 1.82) is 0 Å². The molecule has 0 aromatic carbocycles. The molecule has 0 aromatic heterocycles. The fraction of sp³-hybridized carbons (Fsp3) is 0.867. The van der Waals surface area contributed by atoms with Crippen LogP contribution in [0, 0.1) is 0 Å². The highest BCUT2D eigenvalue weighted by Crippen LogP contribution is 2.17. The summed E-state index contributed by atoms with van der Waals surface area (Å²) in [5.41, 5.74) is 0. The Balaban J connectivity index is 2.68. The SMILES string of the molecule is CCCCN(CCCC)C(=O)C(=O)N(C)C1CCS(=O)(=O)C1. The molecule has 1 aliphatic rings. The summed E-state index contributed by atoms with van der Waals surface area (Å²) in [6.07, 6.45) is 4.07. The molecule has 1 saturated heterocycles. The number of nitrogens with zero attached hydrogens (tertiary/aromatic N) is 2. The van der Waals surface area contributed by atoms with Crippen molar-refractivity contribution in [1.82, 2.24) is 9.80 Å². The number of carbonyl (C=O) groups is 2. The lowest BCUT2D eigenvalue weighted by atomic mass is 10.2. The Morgan fingerprint density at radius 3 is 2.00 bits per heavy atom. The maximum absolute atomic E-state index is 12.4. The summed E-state index contributed by atoms with van der Waals surface area (Å²) in [4.78, 5) is 27.7. The summed E-state index contributed by atoms with van der Waals surface area (Å²) in [6, 6.07) is -0.374. The molecule has 1 aliphatic heterocycles. The molecule has 0 bridgehead atoms. The van der Waals surface area contributed by atoms with E-state index in [1.807, 2.05) is 13.8 Å². The average molecular weight is 332 g/mol. The number of hydrogen-bond acceptors (Lipinski definition) is 4. The van der Waals surface area contributed by atoms with Gasteiger partial charge in [-0.25, -0.2) is 8.42 Å². The van der Waals surface area contributed by atoms with Crippen LogP contribution >= 0.6 is 0 Å². The van der Waals surface area contributed by atoms with E-state index < -0.39 is 21.7 Å². The monoisotopic (exact) mass is 332 g/mol. The van der Waals surface area contributed by atoms with Crippen LogP contribution in [-0.4, -0.2) is 67.7 Å². The molecule has 0 N–H and O–H groups in total. The number of likely N-dealkylation sites (N-methyl/N-ethyl adjacent to an activating group) is 1. The highest BCUT2D eigenvalue weighted by atomic mass is 32.2. The average Bonchev–Trinajstić information content (AvgIpc) is 2.85. The maximum Gasteiger partial charge on any atom is 0.312 e. The fourth-order valence-corrected chi connectivity index (χ4v) is 4.32. The molecule has 1 unspecified atom stereocenters. The molecule has 22 heavy (non-hydrogen) atoms. The predicted molar refractivity (Wildman–Crippen MR) is 86.2 cm³/mol. The van der Waals surface area contributed by atoms with Gasteiger partial charge in [-0.15, -0.1) is 0 Å². The van der Waals surface area contributed by atoms with Gasteiger partial charge in [0.05, 0.1) is 11.5 Å². The summed E-state index contributed by atoms with van der Waals surface area (Å²) >= 11 is 0. The molecule has 0 spiro atoms. The van der Waals surface area contributed by atoms with Crippen molar-refractivity contribution in [2.45, 2.75) is 52.0 Å². The van der Waals surface area contributed by atoms with E-state index in [4.69, 9.17) is 0 Å². The minimum atomic E-state index is -3.07. The smallest absolute Gasteiger partial charge is 0.312 e. The molecule has 1 rings (SSSR count). The van der Waals surface area contributed by atoms with Crippen molar-refractivity contribution in [2.75, 3.05) is 31.6 Å². The van der Waals surface area contributed by atoms with E-state index in [-0.39, 0.29) is 17.5 Å².